The van der Waals surface area contributed by atoms with Crippen molar-refractivity contribution in [3.63, 3.8) is 0 Å². The normalized spacial score (nSPS) is 14.6. The summed E-state index contributed by atoms with van der Waals surface area (Å²) in [5.74, 6) is 1.03. The Morgan fingerprint density at radius 1 is 1.25 bits per heavy atom. The maximum absolute atomic E-state index is 12.0. The van der Waals surface area contributed by atoms with Crippen molar-refractivity contribution in [3.8, 4) is 0 Å². The Kier molecular flexibility index (Phi) is 7.42. The fraction of sp³-hybridized carbons (Fsp3) is 0.476. The third-order valence-electron chi connectivity index (χ3n) is 4.76. The van der Waals surface area contributed by atoms with Gasteiger partial charge in [0.15, 0.2) is 5.96 Å². The van der Waals surface area contributed by atoms with Crippen LogP contribution in [0.2, 0.25) is 0 Å². The summed E-state index contributed by atoms with van der Waals surface area (Å²) >= 11 is 1.73. The Labute approximate surface area is 171 Å². The van der Waals surface area contributed by atoms with E-state index in [1.54, 1.807) is 11.3 Å². The zero-order valence-corrected chi connectivity index (χ0v) is 17.5. The summed E-state index contributed by atoms with van der Waals surface area (Å²) in [6.07, 6.45) is 4.60. The highest BCUT2D eigenvalue weighted by Gasteiger charge is 2.20. The van der Waals surface area contributed by atoms with Gasteiger partial charge in [-0.15, -0.1) is 11.3 Å². The van der Waals surface area contributed by atoms with Crippen molar-refractivity contribution in [2.45, 2.75) is 52.7 Å². The molecule has 1 saturated heterocycles. The molecule has 0 spiro atoms. The number of aryl methyl sites for hydroxylation is 1. The number of carbonyl (C=O) groups is 1. The highest BCUT2D eigenvalue weighted by atomic mass is 32.1. The number of nitrogens with one attached hydrogen (secondary N) is 2. The van der Waals surface area contributed by atoms with E-state index < -0.39 is 0 Å². The number of rotatable bonds is 8. The monoisotopic (exact) mass is 399 g/mol. The summed E-state index contributed by atoms with van der Waals surface area (Å²) in [6, 6.07) is 8.25. The number of amides is 1. The first-order valence-electron chi connectivity index (χ1n) is 10.00. The van der Waals surface area contributed by atoms with Crippen LogP contribution in [-0.4, -0.2) is 34.8 Å². The molecular weight excluding hydrogens is 370 g/mol. The van der Waals surface area contributed by atoms with Gasteiger partial charge in [0, 0.05) is 37.1 Å². The van der Waals surface area contributed by atoms with E-state index in [1.807, 2.05) is 23.2 Å². The van der Waals surface area contributed by atoms with Crippen LogP contribution in [0.1, 0.15) is 47.7 Å². The molecule has 28 heavy (non-hydrogen) atoms. The number of aromatic nitrogens is 1. The molecule has 0 saturated carbocycles. The topological polar surface area (TPSA) is 69.6 Å². The molecule has 1 aliphatic heterocycles. The molecule has 0 aliphatic carbocycles. The molecule has 1 aromatic heterocycles. The molecule has 0 radical (unpaired) electrons. The van der Waals surface area contributed by atoms with Gasteiger partial charge in [0.1, 0.15) is 5.01 Å². The largest absolute Gasteiger partial charge is 0.357 e. The molecule has 3 rings (SSSR count). The lowest BCUT2D eigenvalue weighted by atomic mass is 10.1. The quantitative estimate of drug-likeness (QED) is 0.529. The van der Waals surface area contributed by atoms with Gasteiger partial charge < -0.3 is 15.5 Å². The van der Waals surface area contributed by atoms with Crippen molar-refractivity contribution < 1.29 is 4.79 Å². The lowest BCUT2D eigenvalue weighted by Crippen LogP contribution is -2.36. The number of aliphatic imine (C=N–C) groups is 1. The van der Waals surface area contributed by atoms with E-state index in [0.29, 0.717) is 26.1 Å². The second kappa shape index (κ2) is 10.2. The second-order valence-corrected chi connectivity index (χ2v) is 8.01. The second-order valence-electron chi connectivity index (χ2n) is 6.81. The Bertz CT molecular complexity index is 817. The van der Waals surface area contributed by atoms with Crippen LogP contribution in [-0.2, 0) is 30.8 Å². The number of likely N-dealkylation sites (tertiary alicyclic amines) is 1. The molecule has 2 aromatic rings. The third-order valence-corrected chi connectivity index (χ3v) is 5.90. The minimum atomic E-state index is 0.253. The van der Waals surface area contributed by atoms with E-state index >= 15 is 0 Å². The van der Waals surface area contributed by atoms with Gasteiger partial charge in [-0.05, 0) is 30.9 Å². The summed E-state index contributed by atoms with van der Waals surface area (Å²) in [4.78, 5) is 24.4. The lowest BCUT2D eigenvalue weighted by molar-refractivity contribution is -0.128. The number of nitrogens with zero attached hydrogens (tertiary/aromatic N) is 3. The van der Waals surface area contributed by atoms with Crippen molar-refractivity contribution in [2.75, 3.05) is 13.1 Å². The van der Waals surface area contributed by atoms with Crippen LogP contribution >= 0.6 is 11.3 Å². The molecule has 1 amide bonds. The average Bonchev–Trinajstić information content (AvgIpc) is 3.34. The van der Waals surface area contributed by atoms with E-state index in [1.165, 1.54) is 10.4 Å². The predicted octanol–water partition coefficient (Wildman–Crippen LogP) is 3.08. The van der Waals surface area contributed by atoms with Crippen molar-refractivity contribution >= 4 is 23.2 Å². The SMILES string of the molecule is CCNC(=NCc1ccccc1CN1CCCC1=O)NCc1ncc(CC)s1. The number of benzene rings is 1. The summed E-state index contributed by atoms with van der Waals surface area (Å²) < 4.78 is 0. The summed E-state index contributed by atoms with van der Waals surface area (Å²) in [5, 5.41) is 7.73. The van der Waals surface area contributed by atoms with Gasteiger partial charge in [0.25, 0.3) is 0 Å². The third kappa shape index (κ3) is 5.55. The number of carbonyl (C=O) groups excluding carboxylic acids is 1. The van der Waals surface area contributed by atoms with Crippen LogP contribution in [0.3, 0.4) is 0 Å². The van der Waals surface area contributed by atoms with Gasteiger partial charge >= 0.3 is 0 Å². The van der Waals surface area contributed by atoms with Crippen molar-refractivity contribution in [1.82, 2.24) is 20.5 Å². The molecule has 6 nitrogen and oxygen atoms in total. The Balaban J connectivity index is 1.64. The molecule has 1 aliphatic rings. The maximum atomic E-state index is 12.0. The van der Waals surface area contributed by atoms with E-state index in [4.69, 9.17) is 4.99 Å². The molecule has 0 atom stereocenters. The smallest absolute Gasteiger partial charge is 0.222 e. The standard InChI is InChI=1S/C21H29N5OS/c1-3-18-13-23-19(28-18)14-25-21(22-4-2)24-12-16-8-5-6-9-17(16)15-26-11-7-10-20(26)27/h5-6,8-9,13H,3-4,7,10-12,14-15H2,1-2H3,(H2,22,24,25). The van der Waals surface area contributed by atoms with Crippen molar-refractivity contribution in [1.29, 1.82) is 0 Å². The van der Waals surface area contributed by atoms with Crippen LogP contribution in [0.15, 0.2) is 35.5 Å². The molecule has 1 aromatic carbocycles. The molecular formula is C21H29N5OS. The van der Waals surface area contributed by atoms with Gasteiger partial charge in [-0.3, -0.25) is 4.79 Å². The number of guanidine groups is 1. The van der Waals surface area contributed by atoms with Gasteiger partial charge in [-0.25, -0.2) is 9.98 Å². The first kappa shape index (κ1) is 20.3. The van der Waals surface area contributed by atoms with Gasteiger partial charge in [0.2, 0.25) is 5.91 Å². The Morgan fingerprint density at radius 2 is 2.07 bits per heavy atom. The predicted molar refractivity (Wildman–Crippen MR) is 114 cm³/mol. The van der Waals surface area contributed by atoms with E-state index in [2.05, 4.69) is 41.6 Å². The van der Waals surface area contributed by atoms with Crippen molar-refractivity contribution in [3.05, 3.63) is 51.5 Å². The van der Waals surface area contributed by atoms with Crippen LogP contribution in [0.25, 0.3) is 0 Å². The zero-order chi connectivity index (χ0) is 19.8. The number of hydrogen-bond donors (Lipinski definition) is 2. The Morgan fingerprint density at radius 3 is 2.75 bits per heavy atom. The van der Waals surface area contributed by atoms with Crippen molar-refractivity contribution in [2.24, 2.45) is 4.99 Å². The Hall–Kier alpha value is -2.41. The highest BCUT2D eigenvalue weighted by molar-refractivity contribution is 7.11. The van der Waals surface area contributed by atoms with Crippen LogP contribution in [0.5, 0.6) is 0 Å². The number of hydrogen-bond acceptors (Lipinski definition) is 4. The maximum Gasteiger partial charge on any atom is 0.222 e. The van der Waals surface area contributed by atoms with E-state index in [9.17, 15) is 4.79 Å². The molecule has 2 heterocycles. The first-order valence-corrected chi connectivity index (χ1v) is 10.8. The average molecular weight is 400 g/mol. The zero-order valence-electron chi connectivity index (χ0n) is 16.7. The molecule has 0 unspecified atom stereocenters. The van der Waals surface area contributed by atoms with Crippen LogP contribution in [0.4, 0.5) is 0 Å². The minimum absolute atomic E-state index is 0.253. The fourth-order valence-corrected chi connectivity index (χ4v) is 4.00. The molecule has 150 valence electrons. The minimum Gasteiger partial charge on any atom is -0.357 e. The van der Waals surface area contributed by atoms with Gasteiger partial charge in [0.05, 0.1) is 13.1 Å². The van der Waals surface area contributed by atoms with Crippen LogP contribution < -0.4 is 10.6 Å². The van der Waals surface area contributed by atoms with Gasteiger partial charge in [-0.1, -0.05) is 31.2 Å². The lowest BCUT2D eigenvalue weighted by Gasteiger charge is -2.18. The molecule has 2 N–H and O–H groups in total. The molecule has 0 bridgehead atoms. The number of thiazole rings is 1. The summed E-state index contributed by atoms with van der Waals surface area (Å²) in [7, 11) is 0. The molecule has 1 fully saturated rings. The summed E-state index contributed by atoms with van der Waals surface area (Å²) in [5.41, 5.74) is 2.33. The van der Waals surface area contributed by atoms with E-state index in [-0.39, 0.29) is 5.91 Å². The fourth-order valence-electron chi connectivity index (χ4n) is 3.20. The first-order chi connectivity index (χ1) is 13.7. The molecule has 7 heteroatoms. The summed E-state index contributed by atoms with van der Waals surface area (Å²) in [6.45, 7) is 7.77. The highest BCUT2D eigenvalue weighted by Crippen LogP contribution is 2.18. The van der Waals surface area contributed by atoms with E-state index in [0.717, 1.165) is 42.5 Å². The van der Waals surface area contributed by atoms with Crippen LogP contribution in [0, 0.1) is 0 Å². The van der Waals surface area contributed by atoms with Gasteiger partial charge in [-0.2, -0.15) is 0 Å².